The maximum atomic E-state index is 12.0. The Morgan fingerprint density at radius 3 is 2.68 bits per heavy atom. The van der Waals surface area contributed by atoms with Crippen molar-refractivity contribution >= 4 is 16.8 Å². The summed E-state index contributed by atoms with van der Waals surface area (Å²) in [4.78, 5) is 15.3. The summed E-state index contributed by atoms with van der Waals surface area (Å²) in [5.41, 5.74) is 4.78. The summed E-state index contributed by atoms with van der Waals surface area (Å²) in [7, 11) is 1.65. The van der Waals surface area contributed by atoms with Gasteiger partial charge in [-0.15, -0.1) is 0 Å². The third kappa shape index (κ3) is 4.41. The zero-order valence-corrected chi connectivity index (χ0v) is 14.8. The maximum Gasteiger partial charge on any atom is 0.220 e. The van der Waals surface area contributed by atoms with Crippen molar-refractivity contribution in [3.63, 3.8) is 0 Å². The molecule has 1 aromatic heterocycles. The minimum absolute atomic E-state index is 0.0897. The number of aromatic nitrogens is 1. The molecule has 4 nitrogen and oxygen atoms in total. The Bertz CT molecular complexity index is 850. The second-order valence-electron chi connectivity index (χ2n) is 6.31. The zero-order valence-electron chi connectivity index (χ0n) is 14.8. The Morgan fingerprint density at radius 2 is 1.92 bits per heavy atom. The van der Waals surface area contributed by atoms with E-state index in [2.05, 4.69) is 35.4 Å². The smallest absolute Gasteiger partial charge is 0.220 e. The summed E-state index contributed by atoms with van der Waals surface area (Å²) in [6.07, 6.45) is 4.10. The normalized spacial score (nSPS) is 10.8. The number of H-pyrrole nitrogens is 1. The van der Waals surface area contributed by atoms with Gasteiger partial charge in [-0.25, -0.2) is 0 Å². The summed E-state index contributed by atoms with van der Waals surface area (Å²) in [6.45, 7) is 2.75. The average Bonchev–Trinajstić information content (AvgIpc) is 3.02. The van der Waals surface area contributed by atoms with Crippen LogP contribution in [-0.2, 0) is 17.6 Å². The molecule has 0 fully saturated rings. The number of carbonyl (C=O) groups excluding carboxylic acids is 1. The Labute approximate surface area is 148 Å². The van der Waals surface area contributed by atoms with Crippen LogP contribution in [0, 0.1) is 6.92 Å². The quantitative estimate of drug-likeness (QED) is 0.690. The second kappa shape index (κ2) is 7.88. The van der Waals surface area contributed by atoms with E-state index in [1.54, 1.807) is 7.11 Å². The van der Waals surface area contributed by atoms with Crippen LogP contribution >= 0.6 is 0 Å². The first-order valence-electron chi connectivity index (χ1n) is 8.62. The van der Waals surface area contributed by atoms with E-state index in [0.29, 0.717) is 13.0 Å². The maximum absolute atomic E-state index is 12.0. The van der Waals surface area contributed by atoms with Crippen LogP contribution in [0.1, 0.15) is 23.1 Å². The van der Waals surface area contributed by atoms with Gasteiger partial charge in [-0.1, -0.05) is 23.8 Å². The number of aryl methyl sites for hydroxylation is 2. The molecule has 0 spiro atoms. The highest BCUT2D eigenvalue weighted by Crippen LogP contribution is 2.19. The van der Waals surface area contributed by atoms with Crippen molar-refractivity contribution in [1.82, 2.24) is 10.3 Å². The van der Waals surface area contributed by atoms with Gasteiger partial charge in [0.15, 0.2) is 0 Å². The molecule has 4 heteroatoms. The predicted molar refractivity (Wildman–Crippen MR) is 101 cm³/mol. The van der Waals surface area contributed by atoms with E-state index in [1.165, 1.54) is 16.5 Å². The van der Waals surface area contributed by atoms with Crippen LogP contribution in [0.5, 0.6) is 5.75 Å². The molecule has 3 rings (SSSR count). The van der Waals surface area contributed by atoms with Crippen LogP contribution < -0.4 is 10.1 Å². The van der Waals surface area contributed by atoms with Gasteiger partial charge in [0.1, 0.15) is 5.75 Å². The van der Waals surface area contributed by atoms with E-state index in [-0.39, 0.29) is 5.91 Å². The van der Waals surface area contributed by atoms with E-state index in [1.807, 2.05) is 30.5 Å². The van der Waals surface area contributed by atoms with Crippen LogP contribution in [0.3, 0.4) is 0 Å². The van der Waals surface area contributed by atoms with Gasteiger partial charge in [-0.2, -0.15) is 0 Å². The lowest BCUT2D eigenvalue weighted by atomic mass is 10.1. The van der Waals surface area contributed by atoms with Gasteiger partial charge in [0.05, 0.1) is 7.11 Å². The molecule has 0 saturated heterocycles. The molecule has 0 bridgehead atoms. The van der Waals surface area contributed by atoms with Crippen molar-refractivity contribution in [2.75, 3.05) is 13.7 Å². The number of nitrogens with one attached hydrogen (secondary N) is 2. The Balaban J connectivity index is 1.46. The van der Waals surface area contributed by atoms with Gasteiger partial charge >= 0.3 is 0 Å². The number of hydrogen-bond acceptors (Lipinski definition) is 2. The van der Waals surface area contributed by atoms with E-state index in [4.69, 9.17) is 4.74 Å². The molecule has 0 aliphatic heterocycles. The van der Waals surface area contributed by atoms with Crippen molar-refractivity contribution in [3.05, 3.63) is 65.4 Å². The zero-order chi connectivity index (χ0) is 17.6. The number of benzene rings is 2. The van der Waals surface area contributed by atoms with Crippen LogP contribution in [0.25, 0.3) is 10.9 Å². The minimum Gasteiger partial charge on any atom is -0.497 e. The van der Waals surface area contributed by atoms with E-state index < -0.39 is 0 Å². The fourth-order valence-corrected chi connectivity index (χ4v) is 2.97. The Kier molecular flexibility index (Phi) is 5.39. The highest BCUT2D eigenvalue weighted by atomic mass is 16.5. The molecule has 2 aromatic carbocycles. The highest BCUT2D eigenvalue weighted by Gasteiger charge is 2.06. The van der Waals surface area contributed by atoms with Gasteiger partial charge in [-0.05, 0) is 55.2 Å². The SMILES string of the molecule is COc1ccc(CCC(=O)NCCc2c[nH]c3ccc(C)cc23)cc1. The topological polar surface area (TPSA) is 54.1 Å². The first-order chi connectivity index (χ1) is 12.2. The molecule has 1 heterocycles. The van der Waals surface area contributed by atoms with Crippen LogP contribution in [0.2, 0.25) is 0 Å². The summed E-state index contributed by atoms with van der Waals surface area (Å²) >= 11 is 0. The number of rotatable bonds is 7. The second-order valence-corrected chi connectivity index (χ2v) is 6.31. The molecular weight excluding hydrogens is 312 g/mol. The van der Waals surface area contributed by atoms with Crippen molar-refractivity contribution in [3.8, 4) is 5.75 Å². The number of carbonyl (C=O) groups is 1. The predicted octanol–water partition coefficient (Wildman–Crippen LogP) is 3.78. The average molecular weight is 336 g/mol. The summed E-state index contributed by atoms with van der Waals surface area (Å²) in [6, 6.07) is 14.2. The largest absolute Gasteiger partial charge is 0.497 e. The highest BCUT2D eigenvalue weighted by molar-refractivity contribution is 5.84. The van der Waals surface area contributed by atoms with E-state index in [9.17, 15) is 4.79 Å². The molecule has 0 atom stereocenters. The summed E-state index contributed by atoms with van der Waals surface area (Å²) < 4.78 is 5.14. The first kappa shape index (κ1) is 17.1. The van der Waals surface area contributed by atoms with E-state index >= 15 is 0 Å². The monoisotopic (exact) mass is 336 g/mol. The summed E-state index contributed by atoms with van der Waals surface area (Å²) in [5, 5.41) is 4.26. The fraction of sp³-hybridized carbons (Fsp3) is 0.286. The molecule has 1 amide bonds. The number of amides is 1. The van der Waals surface area contributed by atoms with Crippen LogP contribution in [-0.4, -0.2) is 24.5 Å². The molecule has 130 valence electrons. The lowest BCUT2D eigenvalue weighted by Gasteiger charge is -2.06. The van der Waals surface area contributed by atoms with Crippen molar-refractivity contribution in [2.45, 2.75) is 26.2 Å². The van der Waals surface area contributed by atoms with Gasteiger partial charge in [-0.3, -0.25) is 4.79 Å². The fourth-order valence-electron chi connectivity index (χ4n) is 2.97. The number of aromatic amines is 1. The number of hydrogen-bond donors (Lipinski definition) is 2. The van der Waals surface area contributed by atoms with Gasteiger partial charge in [0.25, 0.3) is 0 Å². The Morgan fingerprint density at radius 1 is 1.12 bits per heavy atom. The standard InChI is InChI=1S/C21H24N2O2/c1-15-3-9-20-19(13-15)17(14-23-20)11-12-22-21(24)10-6-16-4-7-18(25-2)8-5-16/h3-5,7-9,13-14,23H,6,10-12H2,1-2H3,(H,22,24). The first-order valence-corrected chi connectivity index (χ1v) is 8.62. The molecule has 25 heavy (non-hydrogen) atoms. The molecule has 0 saturated carbocycles. The molecule has 0 unspecified atom stereocenters. The van der Waals surface area contributed by atoms with Crippen molar-refractivity contribution < 1.29 is 9.53 Å². The molecule has 0 aliphatic carbocycles. The lowest BCUT2D eigenvalue weighted by Crippen LogP contribution is -2.25. The van der Waals surface area contributed by atoms with Gasteiger partial charge < -0.3 is 15.0 Å². The number of fused-ring (bicyclic) bond motifs is 1. The van der Waals surface area contributed by atoms with Crippen LogP contribution in [0.15, 0.2) is 48.7 Å². The third-order valence-corrected chi connectivity index (χ3v) is 4.44. The molecule has 3 aromatic rings. The molecule has 2 N–H and O–H groups in total. The van der Waals surface area contributed by atoms with Gasteiger partial charge in [0, 0.05) is 30.1 Å². The van der Waals surface area contributed by atoms with Crippen molar-refractivity contribution in [2.24, 2.45) is 0 Å². The minimum atomic E-state index is 0.0897. The number of methoxy groups -OCH3 is 1. The van der Waals surface area contributed by atoms with Crippen LogP contribution in [0.4, 0.5) is 0 Å². The van der Waals surface area contributed by atoms with Gasteiger partial charge in [0.2, 0.25) is 5.91 Å². The Hall–Kier alpha value is -2.75. The molecule has 0 aliphatic rings. The molecule has 0 radical (unpaired) electrons. The molecular formula is C21H24N2O2. The lowest BCUT2D eigenvalue weighted by molar-refractivity contribution is -0.121. The van der Waals surface area contributed by atoms with E-state index in [0.717, 1.165) is 29.7 Å². The third-order valence-electron chi connectivity index (χ3n) is 4.44. The number of ether oxygens (including phenoxy) is 1. The summed E-state index contributed by atoms with van der Waals surface area (Å²) in [5.74, 6) is 0.925. The van der Waals surface area contributed by atoms with Crippen molar-refractivity contribution in [1.29, 1.82) is 0 Å².